The van der Waals surface area contributed by atoms with E-state index in [4.69, 9.17) is 4.74 Å². The number of hydrogen-bond donors (Lipinski definition) is 3. The lowest BCUT2D eigenvalue weighted by Gasteiger charge is -2.22. The zero-order chi connectivity index (χ0) is 21.8. The molecule has 3 rings (SSSR count). The van der Waals surface area contributed by atoms with E-state index in [9.17, 15) is 29.7 Å². The van der Waals surface area contributed by atoms with Crippen molar-refractivity contribution in [2.75, 3.05) is 26.2 Å². The molecule has 0 aliphatic carbocycles. The summed E-state index contributed by atoms with van der Waals surface area (Å²) >= 11 is 0. The number of nitrogens with zero attached hydrogens (tertiary/aromatic N) is 2. The van der Waals surface area contributed by atoms with Crippen molar-refractivity contribution in [1.29, 1.82) is 0 Å². The van der Waals surface area contributed by atoms with Crippen molar-refractivity contribution >= 4 is 17.8 Å². The van der Waals surface area contributed by atoms with Crippen LogP contribution in [-0.2, 0) is 4.79 Å². The van der Waals surface area contributed by atoms with E-state index < -0.39 is 29.1 Å². The average Bonchev–Trinajstić information content (AvgIpc) is 2.96. The number of esters is 1. The maximum atomic E-state index is 12.9. The van der Waals surface area contributed by atoms with Crippen molar-refractivity contribution in [3.8, 4) is 23.0 Å². The second kappa shape index (κ2) is 8.73. The first-order valence-electron chi connectivity index (χ1n) is 9.38. The molecular weight excluding hydrogens is 392 g/mol. The molecule has 1 heterocycles. The molecule has 0 atom stereocenters. The molecule has 2 aromatic carbocycles. The second-order valence-electron chi connectivity index (χ2n) is 6.92. The highest BCUT2D eigenvalue weighted by Gasteiger charge is 2.25. The number of aromatic hydroxyl groups is 3. The topological polar surface area (TPSA) is 128 Å². The van der Waals surface area contributed by atoms with E-state index in [2.05, 4.69) is 0 Å². The number of phenolic OH excluding ortho intramolecular Hbond substituents is 3. The Morgan fingerprint density at radius 3 is 1.97 bits per heavy atom. The molecule has 1 saturated heterocycles. The molecule has 2 aromatic rings. The van der Waals surface area contributed by atoms with E-state index in [0.29, 0.717) is 31.6 Å². The smallest absolute Gasteiger partial charge is 0.308 e. The van der Waals surface area contributed by atoms with E-state index in [1.807, 2.05) is 0 Å². The van der Waals surface area contributed by atoms with E-state index in [-0.39, 0.29) is 23.8 Å². The Labute approximate surface area is 172 Å². The molecule has 1 fully saturated rings. The molecule has 3 N–H and O–H groups in total. The predicted octanol–water partition coefficient (Wildman–Crippen LogP) is 1.72. The van der Waals surface area contributed by atoms with Crippen molar-refractivity contribution in [2.45, 2.75) is 13.3 Å². The number of ether oxygens (including phenoxy) is 1. The summed E-state index contributed by atoms with van der Waals surface area (Å²) in [6.45, 7) is 2.66. The summed E-state index contributed by atoms with van der Waals surface area (Å²) in [5, 5.41) is 28.7. The maximum absolute atomic E-state index is 12.9. The number of hydrogen-bond acceptors (Lipinski definition) is 7. The third-order valence-electron chi connectivity index (χ3n) is 4.73. The van der Waals surface area contributed by atoms with Gasteiger partial charge in [0.2, 0.25) is 0 Å². The Hall–Kier alpha value is -3.75. The van der Waals surface area contributed by atoms with Gasteiger partial charge in [0.15, 0.2) is 17.2 Å². The molecule has 0 spiro atoms. The van der Waals surface area contributed by atoms with Gasteiger partial charge in [-0.25, -0.2) is 0 Å². The molecule has 0 saturated carbocycles. The van der Waals surface area contributed by atoms with Gasteiger partial charge in [-0.3, -0.25) is 14.4 Å². The number of benzene rings is 2. The fraction of sp³-hybridized carbons (Fsp3) is 0.286. The highest BCUT2D eigenvalue weighted by Crippen LogP contribution is 2.35. The van der Waals surface area contributed by atoms with E-state index in [1.54, 1.807) is 23.1 Å². The second-order valence-corrected chi connectivity index (χ2v) is 6.92. The van der Waals surface area contributed by atoms with Gasteiger partial charge in [0.05, 0.1) is 0 Å². The van der Waals surface area contributed by atoms with Gasteiger partial charge in [-0.2, -0.15) is 0 Å². The van der Waals surface area contributed by atoms with Gasteiger partial charge in [-0.15, -0.1) is 0 Å². The predicted molar refractivity (Wildman–Crippen MR) is 106 cm³/mol. The van der Waals surface area contributed by atoms with Gasteiger partial charge >= 0.3 is 5.97 Å². The SMILES string of the molecule is CC(=O)Oc1cccc(C(=O)N2CCCN(C(=O)c3cc(O)c(O)c(O)c3)CC2)c1. The minimum atomic E-state index is -0.685. The first-order chi connectivity index (χ1) is 14.3. The summed E-state index contributed by atoms with van der Waals surface area (Å²) in [6, 6.07) is 8.52. The molecule has 9 heteroatoms. The van der Waals surface area contributed by atoms with Gasteiger partial charge in [0.25, 0.3) is 11.8 Å². The van der Waals surface area contributed by atoms with Crippen LogP contribution in [0.15, 0.2) is 36.4 Å². The van der Waals surface area contributed by atoms with Crippen LogP contribution in [0.2, 0.25) is 0 Å². The third-order valence-corrected chi connectivity index (χ3v) is 4.73. The minimum absolute atomic E-state index is 0.0386. The van der Waals surface area contributed by atoms with E-state index in [1.165, 1.54) is 17.9 Å². The third kappa shape index (κ3) is 4.62. The molecule has 30 heavy (non-hydrogen) atoms. The molecule has 0 radical (unpaired) electrons. The van der Waals surface area contributed by atoms with Gasteiger partial charge in [0, 0.05) is 44.2 Å². The fourth-order valence-electron chi connectivity index (χ4n) is 3.28. The Kier molecular flexibility index (Phi) is 6.10. The lowest BCUT2D eigenvalue weighted by molar-refractivity contribution is -0.131. The van der Waals surface area contributed by atoms with Crippen LogP contribution in [-0.4, -0.2) is 69.1 Å². The molecule has 1 aliphatic rings. The first kappa shape index (κ1) is 21.0. The molecule has 158 valence electrons. The lowest BCUT2D eigenvalue weighted by atomic mass is 10.1. The zero-order valence-corrected chi connectivity index (χ0v) is 16.4. The summed E-state index contributed by atoms with van der Waals surface area (Å²) in [6.07, 6.45) is 0.539. The van der Waals surface area contributed by atoms with Gasteiger partial charge in [-0.1, -0.05) is 6.07 Å². The van der Waals surface area contributed by atoms with Crippen LogP contribution in [0, 0.1) is 0 Å². The number of carbonyl (C=O) groups excluding carboxylic acids is 3. The first-order valence-corrected chi connectivity index (χ1v) is 9.38. The molecule has 0 aromatic heterocycles. The van der Waals surface area contributed by atoms with Crippen molar-refractivity contribution < 1.29 is 34.4 Å². The molecule has 0 unspecified atom stereocenters. The monoisotopic (exact) mass is 414 g/mol. The van der Waals surface area contributed by atoms with Crippen molar-refractivity contribution in [2.24, 2.45) is 0 Å². The largest absolute Gasteiger partial charge is 0.504 e. The van der Waals surface area contributed by atoms with Gasteiger partial charge in [-0.05, 0) is 36.8 Å². The van der Waals surface area contributed by atoms with Gasteiger partial charge < -0.3 is 29.9 Å². The maximum Gasteiger partial charge on any atom is 0.308 e. The molecular formula is C21H22N2O7. The number of phenols is 3. The zero-order valence-electron chi connectivity index (χ0n) is 16.4. The number of carbonyl (C=O) groups is 3. The average molecular weight is 414 g/mol. The highest BCUT2D eigenvalue weighted by molar-refractivity contribution is 5.96. The highest BCUT2D eigenvalue weighted by atomic mass is 16.5. The summed E-state index contributed by atoms with van der Waals surface area (Å²) < 4.78 is 5.02. The van der Waals surface area contributed by atoms with Crippen molar-refractivity contribution in [3.05, 3.63) is 47.5 Å². The van der Waals surface area contributed by atoms with Crippen LogP contribution >= 0.6 is 0 Å². The summed E-state index contributed by atoms with van der Waals surface area (Å²) in [4.78, 5) is 39.8. The Morgan fingerprint density at radius 1 is 0.833 bits per heavy atom. The summed E-state index contributed by atoms with van der Waals surface area (Å²) in [7, 11) is 0. The molecule has 1 aliphatic heterocycles. The van der Waals surface area contributed by atoms with Crippen molar-refractivity contribution in [3.63, 3.8) is 0 Å². The van der Waals surface area contributed by atoms with Crippen LogP contribution in [0.5, 0.6) is 23.0 Å². The Bertz CT molecular complexity index is 966. The molecule has 0 bridgehead atoms. The molecule has 2 amide bonds. The standard InChI is InChI=1S/C21H22N2O7/c1-13(24)30-16-5-2-4-14(10-16)20(28)22-6-3-7-23(9-8-22)21(29)15-11-17(25)19(27)18(26)12-15/h2,4-5,10-12,25-27H,3,6-9H2,1H3. The number of amides is 2. The van der Waals surface area contributed by atoms with Crippen LogP contribution in [0.25, 0.3) is 0 Å². The minimum Gasteiger partial charge on any atom is -0.504 e. The van der Waals surface area contributed by atoms with Crippen molar-refractivity contribution in [1.82, 2.24) is 9.80 Å². The summed E-state index contributed by atoms with van der Waals surface area (Å²) in [5.41, 5.74) is 0.415. The van der Waals surface area contributed by atoms with Crippen LogP contribution in [0.1, 0.15) is 34.1 Å². The summed E-state index contributed by atoms with van der Waals surface area (Å²) in [5.74, 6) is -2.71. The normalized spacial score (nSPS) is 14.2. The van der Waals surface area contributed by atoms with Crippen LogP contribution in [0.3, 0.4) is 0 Å². The quantitative estimate of drug-likeness (QED) is 0.396. The molecule has 9 nitrogen and oxygen atoms in total. The Balaban J connectivity index is 1.69. The lowest BCUT2D eigenvalue weighted by Crippen LogP contribution is -2.37. The Morgan fingerprint density at radius 2 is 1.40 bits per heavy atom. The van der Waals surface area contributed by atoms with E-state index in [0.717, 1.165) is 12.1 Å². The van der Waals surface area contributed by atoms with Gasteiger partial charge in [0.1, 0.15) is 5.75 Å². The van der Waals surface area contributed by atoms with E-state index >= 15 is 0 Å². The van der Waals surface area contributed by atoms with Crippen LogP contribution < -0.4 is 4.74 Å². The number of rotatable bonds is 3. The fourth-order valence-corrected chi connectivity index (χ4v) is 3.28. The van der Waals surface area contributed by atoms with Crippen LogP contribution in [0.4, 0.5) is 0 Å².